The molecule has 0 N–H and O–H groups in total. The zero-order chi connectivity index (χ0) is 10.5. The van der Waals surface area contributed by atoms with E-state index in [9.17, 15) is 14.4 Å². The minimum absolute atomic E-state index is 0.0449. The Balaban J connectivity index is 4.44. The first-order valence-electron chi connectivity index (χ1n) is 4.14. The highest BCUT2D eigenvalue weighted by atomic mass is 16.6. The van der Waals surface area contributed by atoms with Gasteiger partial charge in [-0.3, -0.25) is 14.4 Å². The van der Waals surface area contributed by atoms with Crippen LogP contribution in [0, 0.1) is 5.41 Å². The number of ketones is 1. The number of esters is 1. The second-order valence-electron chi connectivity index (χ2n) is 3.30. The molecule has 0 atom stereocenters. The van der Waals surface area contributed by atoms with Crippen LogP contribution in [0.5, 0.6) is 0 Å². The molecule has 0 amide bonds. The predicted octanol–water partition coefficient (Wildman–Crippen LogP) is 1.08. The predicted molar refractivity (Wildman–Crippen MR) is 45.9 cm³/mol. The topological polar surface area (TPSA) is 60.4 Å². The van der Waals surface area contributed by atoms with Gasteiger partial charge in [-0.25, -0.2) is 0 Å². The number of carbonyl (C=O) groups excluding carboxylic acids is 3. The fraction of sp³-hybridized carbons (Fsp3) is 0.667. The van der Waals surface area contributed by atoms with E-state index in [0.29, 0.717) is 12.8 Å². The quantitative estimate of drug-likeness (QED) is 0.366. The second kappa shape index (κ2) is 4.74. The van der Waals surface area contributed by atoms with Crippen molar-refractivity contribution in [3.05, 3.63) is 0 Å². The van der Waals surface area contributed by atoms with Gasteiger partial charge in [0.25, 0.3) is 0 Å². The van der Waals surface area contributed by atoms with Crippen molar-refractivity contribution in [2.75, 3.05) is 0 Å². The van der Waals surface area contributed by atoms with Crippen molar-refractivity contribution in [2.24, 2.45) is 5.41 Å². The maximum Gasteiger partial charge on any atom is 0.326 e. The lowest BCUT2D eigenvalue weighted by Gasteiger charge is -2.18. The van der Waals surface area contributed by atoms with Crippen LogP contribution in [0.25, 0.3) is 0 Å². The summed E-state index contributed by atoms with van der Waals surface area (Å²) in [6, 6.07) is 0. The van der Waals surface area contributed by atoms with Gasteiger partial charge >= 0.3 is 12.4 Å². The summed E-state index contributed by atoms with van der Waals surface area (Å²) < 4.78 is 4.13. The molecule has 4 heteroatoms. The molecular formula is C9H14O4. The lowest BCUT2D eigenvalue weighted by atomic mass is 9.86. The fourth-order valence-electron chi connectivity index (χ4n) is 0.844. The van der Waals surface area contributed by atoms with Crippen molar-refractivity contribution < 1.29 is 19.1 Å². The molecule has 0 rings (SSSR count). The summed E-state index contributed by atoms with van der Waals surface area (Å²) in [6.07, 6.45) is 0.998. The first kappa shape index (κ1) is 11.8. The number of ether oxygens (including phenoxy) is 1. The third-order valence-corrected chi connectivity index (χ3v) is 1.84. The van der Waals surface area contributed by atoms with E-state index in [-0.39, 0.29) is 12.3 Å². The van der Waals surface area contributed by atoms with E-state index in [1.807, 2.05) is 6.92 Å². The Kier molecular flexibility index (Phi) is 4.31. The zero-order valence-corrected chi connectivity index (χ0v) is 8.12. The third kappa shape index (κ3) is 2.97. The summed E-state index contributed by atoms with van der Waals surface area (Å²) in [4.78, 5) is 32.4. The second-order valence-corrected chi connectivity index (χ2v) is 3.30. The SMILES string of the molecule is CCCC(=O)C(C)(C)C(=O)OC=O. The van der Waals surface area contributed by atoms with Crippen LogP contribution in [0.4, 0.5) is 0 Å². The highest BCUT2D eigenvalue weighted by Gasteiger charge is 2.36. The van der Waals surface area contributed by atoms with Gasteiger partial charge in [0, 0.05) is 6.42 Å². The molecule has 0 heterocycles. The van der Waals surface area contributed by atoms with E-state index in [4.69, 9.17) is 0 Å². The minimum Gasteiger partial charge on any atom is -0.395 e. The van der Waals surface area contributed by atoms with Crippen LogP contribution in [0.3, 0.4) is 0 Å². The molecule has 0 saturated heterocycles. The van der Waals surface area contributed by atoms with Gasteiger partial charge in [0.05, 0.1) is 0 Å². The van der Waals surface area contributed by atoms with Crippen LogP contribution in [-0.4, -0.2) is 18.2 Å². The average Bonchev–Trinajstić information content (AvgIpc) is 2.05. The molecule has 0 unspecified atom stereocenters. The summed E-state index contributed by atoms with van der Waals surface area (Å²) >= 11 is 0. The van der Waals surface area contributed by atoms with Crippen molar-refractivity contribution in [1.82, 2.24) is 0 Å². The van der Waals surface area contributed by atoms with Crippen LogP contribution in [-0.2, 0) is 19.1 Å². The highest BCUT2D eigenvalue weighted by molar-refractivity contribution is 6.04. The Morgan fingerprint density at radius 2 is 1.92 bits per heavy atom. The van der Waals surface area contributed by atoms with E-state index < -0.39 is 11.4 Å². The number of hydrogen-bond donors (Lipinski definition) is 0. The lowest BCUT2D eigenvalue weighted by molar-refractivity contribution is -0.161. The van der Waals surface area contributed by atoms with Crippen molar-refractivity contribution in [1.29, 1.82) is 0 Å². The van der Waals surface area contributed by atoms with Gasteiger partial charge in [0.15, 0.2) is 0 Å². The van der Waals surface area contributed by atoms with Crippen molar-refractivity contribution in [3.63, 3.8) is 0 Å². The Morgan fingerprint density at radius 3 is 2.31 bits per heavy atom. The Hall–Kier alpha value is -1.19. The van der Waals surface area contributed by atoms with Gasteiger partial charge in [-0.2, -0.15) is 0 Å². The molecule has 0 aliphatic rings. The molecule has 0 aliphatic carbocycles. The molecule has 0 aromatic carbocycles. The monoisotopic (exact) mass is 186 g/mol. The smallest absolute Gasteiger partial charge is 0.326 e. The van der Waals surface area contributed by atoms with Gasteiger partial charge in [-0.1, -0.05) is 6.92 Å². The first-order chi connectivity index (χ1) is 5.96. The van der Waals surface area contributed by atoms with E-state index in [1.165, 1.54) is 13.8 Å². The van der Waals surface area contributed by atoms with Crippen LogP contribution in [0.1, 0.15) is 33.6 Å². The van der Waals surface area contributed by atoms with Crippen molar-refractivity contribution in [2.45, 2.75) is 33.6 Å². The molecule has 13 heavy (non-hydrogen) atoms. The Labute approximate surface area is 77.3 Å². The minimum atomic E-state index is -1.21. The summed E-state index contributed by atoms with van der Waals surface area (Å²) in [5.41, 5.74) is -1.21. The molecule has 0 aromatic rings. The van der Waals surface area contributed by atoms with E-state index in [2.05, 4.69) is 4.74 Å². The van der Waals surface area contributed by atoms with Crippen LogP contribution in [0.2, 0.25) is 0 Å². The summed E-state index contributed by atoms with van der Waals surface area (Å²) in [7, 11) is 0. The summed E-state index contributed by atoms with van der Waals surface area (Å²) in [5.74, 6) is -0.997. The molecule has 4 nitrogen and oxygen atoms in total. The maximum absolute atomic E-state index is 11.4. The fourth-order valence-corrected chi connectivity index (χ4v) is 0.844. The molecule has 0 saturated carbocycles. The molecule has 0 radical (unpaired) electrons. The number of carbonyl (C=O) groups is 3. The molecule has 0 aliphatic heterocycles. The average molecular weight is 186 g/mol. The van der Waals surface area contributed by atoms with E-state index in [1.54, 1.807) is 0 Å². The summed E-state index contributed by atoms with van der Waals surface area (Å²) in [5, 5.41) is 0. The van der Waals surface area contributed by atoms with Gasteiger partial charge in [-0.15, -0.1) is 0 Å². The van der Waals surface area contributed by atoms with E-state index in [0.717, 1.165) is 0 Å². The van der Waals surface area contributed by atoms with Crippen LogP contribution >= 0.6 is 0 Å². The molecular weight excluding hydrogens is 172 g/mol. The van der Waals surface area contributed by atoms with Gasteiger partial charge in [0.1, 0.15) is 11.2 Å². The molecule has 0 spiro atoms. The number of hydrogen-bond acceptors (Lipinski definition) is 4. The molecule has 0 bridgehead atoms. The summed E-state index contributed by atoms with van der Waals surface area (Å²) in [6.45, 7) is 4.80. The van der Waals surface area contributed by atoms with Gasteiger partial charge in [-0.05, 0) is 20.3 Å². The standard InChI is InChI=1S/C9H14O4/c1-4-5-7(11)9(2,3)8(12)13-6-10/h6H,4-5H2,1-3H3. The van der Waals surface area contributed by atoms with Crippen LogP contribution < -0.4 is 0 Å². The number of Topliss-reactive ketones (excluding diaryl/α,β-unsaturated/α-hetero) is 1. The van der Waals surface area contributed by atoms with E-state index >= 15 is 0 Å². The normalized spacial score (nSPS) is 10.7. The number of rotatable bonds is 5. The van der Waals surface area contributed by atoms with Gasteiger partial charge in [0.2, 0.25) is 0 Å². The first-order valence-corrected chi connectivity index (χ1v) is 4.14. The molecule has 74 valence electrons. The Bertz CT molecular complexity index is 218. The van der Waals surface area contributed by atoms with Gasteiger partial charge < -0.3 is 4.74 Å². The van der Waals surface area contributed by atoms with Crippen LogP contribution in [0.15, 0.2) is 0 Å². The molecule has 0 fully saturated rings. The third-order valence-electron chi connectivity index (χ3n) is 1.84. The lowest BCUT2D eigenvalue weighted by Crippen LogP contribution is -2.34. The highest BCUT2D eigenvalue weighted by Crippen LogP contribution is 2.20. The largest absolute Gasteiger partial charge is 0.395 e. The Morgan fingerprint density at radius 1 is 1.38 bits per heavy atom. The van der Waals surface area contributed by atoms with Crippen molar-refractivity contribution in [3.8, 4) is 0 Å². The zero-order valence-electron chi connectivity index (χ0n) is 8.12. The van der Waals surface area contributed by atoms with Crippen molar-refractivity contribution >= 4 is 18.2 Å². The maximum atomic E-state index is 11.4. The molecule has 0 aromatic heterocycles.